The Morgan fingerprint density at radius 3 is 2.74 bits per heavy atom. The molecule has 2 aliphatic heterocycles. The maximum absolute atomic E-state index is 11.8. The lowest BCUT2D eigenvalue weighted by atomic mass is 10.2. The number of hydrogen-bond acceptors (Lipinski definition) is 9. The Morgan fingerprint density at radius 1 is 1.13 bits per heavy atom. The number of aromatic amines is 1. The third-order valence-electron chi connectivity index (χ3n) is 6.82. The highest BCUT2D eigenvalue weighted by molar-refractivity contribution is 5.96. The lowest BCUT2D eigenvalue weighted by Crippen LogP contribution is -2.45. The van der Waals surface area contributed by atoms with E-state index in [-0.39, 0.29) is 18.1 Å². The van der Waals surface area contributed by atoms with Gasteiger partial charge in [0.15, 0.2) is 23.7 Å². The summed E-state index contributed by atoms with van der Waals surface area (Å²) in [5, 5.41) is 11.6. The molecule has 2 fully saturated rings. The van der Waals surface area contributed by atoms with Crippen molar-refractivity contribution in [1.29, 1.82) is 0 Å². The van der Waals surface area contributed by atoms with Crippen LogP contribution < -0.4 is 24.6 Å². The Bertz CT molecular complexity index is 1440. The summed E-state index contributed by atoms with van der Waals surface area (Å²) in [6, 6.07) is 15.5. The summed E-state index contributed by atoms with van der Waals surface area (Å²) in [6.07, 6.45) is 3.49. The number of fused-ring (bicyclic) bond motifs is 4. The number of rotatable bonds is 5. The van der Waals surface area contributed by atoms with Crippen LogP contribution >= 0.6 is 0 Å². The fraction of sp³-hybridized carbons (Fsp3) is 0.333. The number of ether oxygens (including phenoxy) is 3. The molecule has 1 aliphatic carbocycles. The smallest absolute Gasteiger partial charge is 0.229 e. The SMILES string of the molecule is COc1ccc(N(C)C(=O)C2CC2)cc1.c1ccc2c(Nc3ncnc4c3OC3COCCN43)n[nH]c2c1. The molecule has 1 atom stereocenters. The van der Waals surface area contributed by atoms with Gasteiger partial charge < -0.3 is 29.3 Å². The summed E-state index contributed by atoms with van der Waals surface area (Å²) in [6.45, 7) is 1.97. The predicted molar refractivity (Wildman–Crippen MR) is 143 cm³/mol. The standard InChI is InChI=1S/C15H14N6O2.C12H15NO2/c1-2-4-10-9(3-1)13(20-19-10)18-14-12-15(17-8-16-14)21-5-6-22-7-11(21)23-12;1-13(12(14)9-3-4-9)10-5-7-11(15-2)8-6-10/h1-4,8,11H,5-7H2,(H2,16,17,18,19,20);5-9H,3-4H2,1-2H3. The summed E-state index contributed by atoms with van der Waals surface area (Å²) in [4.78, 5) is 24.3. The van der Waals surface area contributed by atoms with Crippen molar-refractivity contribution in [2.75, 3.05) is 49.0 Å². The molecule has 4 aromatic rings. The zero-order chi connectivity index (χ0) is 26.1. The number of H-pyrrole nitrogens is 1. The van der Waals surface area contributed by atoms with Gasteiger partial charge in [-0.15, -0.1) is 0 Å². The first-order valence-corrected chi connectivity index (χ1v) is 12.6. The van der Waals surface area contributed by atoms with E-state index in [4.69, 9.17) is 14.2 Å². The van der Waals surface area contributed by atoms with E-state index in [1.165, 1.54) is 6.33 Å². The van der Waals surface area contributed by atoms with Gasteiger partial charge in [0.1, 0.15) is 18.7 Å². The first-order valence-electron chi connectivity index (χ1n) is 12.6. The second kappa shape index (κ2) is 10.2. The van der Waals surface area contributed by atoms with E-state index in [2.05, 4.69) is 30.4 Å². The van der Waals surface area contributed by atoms with E-state index in [0.29, 0.717) is 30.6 Å². The number of carbonyl (C=O) groups is 1. The van der Waals surface area contributed by atoms with E-state index >= 15 is 0 Å². The van der Waals surface area contributed by atoms with Gasteiger partial charge in [0, 0.05) is 30.6 Å². The van der Waals surface area contributed by atoms with Crippen LogP contribution in [0, 0.1) is 5.92 Å². The molecule has 2 aromatic heterocycles. The molecule has 196 valence electrons. The van der Waals surface area contributed by atoms with Crippen molar-refractivity contribution in [3.05, 3.63) is 54.9 Å². The highest BCUT2D eigenvalue weighted by Gasteiger charge is 2.37. The molecule has 4 heterocycles. The topological polar surface area (TPSA) is 118 Å². The average Bonchev–Trinajstić information content (AvgIpc) is 3.64. The van der Waals surface area contributed by atoms with Crippen molar-refractivity contribution in [2.45, 2.75) is 19.1 Å². The third kappa shape index (κ3) is 4.68. The molecule has 0 spiro atoms. The summed E-state index contributed by atoms with van der Waals surface area (Å²) in [7, 11) is 3.45. The predicted octanol–water partition coefficient (Wildman–Crippen LogP) is 3.72. The minimum atomic E-state index is -0.132. The number of benzene rings is 2. The van der Waals surface area contributed by atoms with Gasteiger partial charge in [-0.05, 0) is 49.2 Å². The lowest BCUT2D eigenvalue weighted by Gasteiger charge is -2.28. The van der Waals surface area contributed by atoms with Crippen molar-refractivity contribution in [3.63, 3.8) is 0 Å². The van der Waals surface area contributed by atoms with Crippen LogP contribution in [0.1, 0.15) is 12.8 Å². The van der Waals surface area contributed by atoms with Gasteiger partial charge in [0.2, 0.25) is 11.7 Å². The van der Waals surface area contributed by atoms with E-state index in [0.717, 1.165) is 47.5 Å². The van der Waals surface area contributed by atoms with Crippen molar-refractivity contribution in [1.82, 2.24) is 20.2 Å². The second-order valence-corrected chi connectivity index (χ2v) is 9.33. The Balaban J connectivity index is 0.000000153. The number of hydrogen-bond donors (Lipinski definition) is 2. The van der Waals surface area contributed by atoms with E-state index < -0.39 is 0 Å². The number of methoxy groups -OCH3 is 1. The third-order valence-corrected chi connectivity index (χ3v) is 6.82. The van der Waals surface area contributed by atoms with Gasteiger partial charge in [-0.3, -0.25) is 9.89 Å². The summed E-state index contributed by atoms with van der Waals surface area (Å²) >= 11 is 0. The number of aromatic nitrogens is 4. The molecular weight excluding hydrogens is 486 g/mol. The molecule has 38 heavy (non-hydrogen) atoms. The molecule has 1 saturated carbocycles. The van der Waals surface area contributed by atoms with Crippen LogP contribution in [0.25, 0.3) is 10.9 Å². The fourth-order valence-corrected chi connectivity index (χ4v) is 4.53. The van der Waals surface area contributed by atoms with Crippen LogP contribution in [-0.2, 0) is 9.53 Å². The quantitative estimate of drug-likeness (QED) is 0.410. The highest BCUT2D eigenvalue weighted by Crippen LogP contribution is 2.42. The molecule has 0 radical (unpaired) electrons. The van der Waals surface area contributed by atoms with E-state index in [1.54, 1.807) is 12.0 Å². The monoisotopic (exact) mass is 515 g/mol. The number of para-hydroxylation sites is 1. The summed E-state index contributed by atoms with van der Waals surface area (Å²) in [5.74, 6) is 4.07. The maximum Gasteiger partial charge on any atom is 0.229 e. The minimum Gasteiger partial charge on any atom is -0.497 e. The molecule has 7 rings (SSSR count). The molecule has 11 nitrogen and oxygen atoms in total. The zero-order valence-corrected chi connectivity index (χ0v) is 21.3. The molecular formula is C27H29N7O4. The second-order valence-electron chi connectivity index (χ2n) is 9.33. The van der Waals surface area contributed by atoms with Gasteiger partial charge in [0.05, 0.1) is 19.2 Å². The average molecular weight is 516 g/mol. The fourth-order valence-electron chi connectivity index (χ4n) is 4.53. The van der Waals surface area contributed by atoms with Crippen molar-refractivity contribution >= 4 is 40.0 Å². The van der Waals surface area contributed by atoms with E-state index in [9.17, 15) is 4.79 Å². The number of nitrogens with one attached hydrogen (secondary N) is 2. The van der Waals surface area contributed by atoms with Gasteiger partial charge in [-0.2, -0.15) is 5.10 Å². The molecule has 2 aromatic carbocycles. The Kier molecular flexibility index (Phi) is 6.42. The molecule has 11 heteroatoms. The first kappa shape index (κ1) is 24.0. The minimum absolute atomic E-state index is 0.132. The van der Waals surface area contributed by atoms with Gasteiger partial charge >= 0.3 is 0 Å². The maximum atomic E-state index is 11.8. The van der Waals surface area contributed by atoms with Crippen LogP contribution in [0.5, 0.6) is 11.5 Å². The molecule has 3 aliphatic rings. The van der Waals surface area contributed by atoms with Crippen LogP contribution in [0.2, 0.25) is 0 Å². The van der Waals surface area contributed by atoms with Gasteiger partial charge in [0.25, 0.3) is 0 Å². The Morgan fingerprint density at radius 2 is 1.95 bits per heavy atom. The number of nitrogens with zero attached hydrogens (tertiary/aromatic N) is 5. The van der Waals surface area contributed by atoms with Crippen LogP contribution in [0.4, 0.5) is 23.1 Å². The van der Waals surface area contributed by atoms with Crippen molar-refractivity contribution < 1.29 is 19.0 Å². The lowest BCUT2D eigenvalue weighted by molar-refractivity contribution is -0.119. The van der Waals surface area contributed by atoms with Crippen LogP contribution in [-0.4, -0.2) is 66.2 Å². The van der Waals surface area contributed by atoms with Crippen molar-refractivity contribution in [2.24, 2.45) is 5.92 Å². The number of amides is 1. The van der Waals surface area contributed by atoms with Crippen LogP contribution in [0.15, 0.2) is 54.9 Å². The molecule has 1 saturated heterocycles. The van der Waals surface area contributed by atoms with Gasteiger partial charge in [-0.1, -0.05) is 12.1 Å². The Labute approximate surface area is 219 Å². The largest absolute Gasteiger partial charge is 0.497 e. The summed E-state index contributed by atoms with van der Waals surface area (Å²) < 4.78 is 16.5. The normalized spacial score (nSPS) is 17.5. The highest BCUT2D eigenvalue weighted by atomic mass is 16.6. The van der Waals surface area contributed by atoms with Crippen LogP contribution in [0.3, 0.4) is 0 Å². The molecule has 1 unspecified atom stereocenters. The summed E-state index contributed by atoms with van der Waals surface area (Å²) in [5.41, 5.74) is 1.89. The van der Waals surface area contributed by atoms with Crippen molar-refractivity contribution in [3.8, 4) is 11.5 Å². The molecule has 1 amide bonds. The van der Waals surface area contributed by atoms with E-state index in [1.807, 2.05) is 55.6 Å². The zero-order valence-electron chi connectivity index (χ0n) is 21.3. The number of morpholine rings is 1. The molecule has 0 bridgehead atoms. The number of carbonyl (C=O) groups excluding carboxylic acids is 1. The van der Waals surface area contributed by atoms with Gasteiger partial charge in [-0.25, -0.2) is 9.97 Å². The first-order chi connectivity index (χ1) is 18.6. The number of anilines is 4. The Hall–Kier alpha value is -4.38. The molecule has 2 N–H and O–H groups in total.